The molecule has 6 heteroatoms. The fourth-order valence-electron chi connectivity index (χ4n) is 3.47. The van der Waals surface area contributed by atoms with Gasteiger partial charge in [-0.3, -0.25) is 0 Å². The first-order valence-electron chi connectivity index (χ1n) is 10.5. The van der Waals surface area contributed by atoms with E-state index in [0.717, 1.165) is 27.9 Å². The van der Waals surface area contributed by atoms with E-state index in [1.807, 2.05) is 60.7 Å². The van der Waals surface area contributed by atoms with E-state index in [0.29, 0.717) is 16.7 Å². The van der Waals surface area contributed by atoms with Gasteiger partial charge in [0.1, 0.15) is 16.9 Å². The number of fused-ring (bicyclic) bond motifs is 1. The number of hydrogen-bond donors (Lipinski definition) is 1. The van der Waals surface area contributed by atoms with E-state index in [-0.39, 0.29) is 12.2 Å². The number of benzene rings is 3. The molecule has 0 fully saturated rings. The number of ether oxygens (including phenoxy) is 2. The van der Waals surface area contributed by atoms with E-state index in [4.69, 9.17) is 19.6 Å². The van der Waals surface area contributed by atoms with Crippen LogP contribution in [0.25, 0.3) is 34.2 Å². The summed E-state index contributed by atoms with van der Waals surface area (Å²) in [7, 11) is 1.55. The van der Waals surface area contributed by atoms with E-state index < -0.39 is 11.6 Å². The third-order valence-electron chi connectivity index (χ3n) is 5.19. The molecule has 166 valence electrons. The zero-order valence-corrected chi connectivity index (χ0v) is 18.3. The zero-order valence-electron chi connectivity index (χ0n) is 18.3. The van der Waals surface area contributed by atoms with Crippen LogP contribution in [-0.4, -0.2) is 19.7 Å². The summed E-state index contributed by atoms with van der Waals surface area (Å²) in [5, 5.41) is 0.594. The van der Waals surface area contributed by atoms with Crippen molar-refractivity contribution in [1.29, 1.82) is 0 Å². The molecule has 0 aliphatic rings. The third-order valence-corrected chi connectivity index (χ3v) is 5.19. The van der Waals surface area contributed by atoms with Gasteiger partial charge in [0.25, 0.3) is 0 Å². The molecule has 0 unspecified atom stereocenters. The van der Waals surface area contributed by atoms with Crippen molar-refractivity contribution >= 4 is 34.8 Å². The largest absolute Gasteiger partial charge is 0.496 e. The topological polar surface area (TPSA) is 91.8 Å². The summed E-state index contributed by atoms with van der Waals surface area (Å²) >= 11 is 0. The summed E-state index contributed by atoms with van der Waals surface area (Å²) in [6.45, 7) is 1.85. The summed E-state index contributed by atoms with van der Waals surface area (Å²) in [5.74, 6) is -0.161. The van der Waals surface area contributed by atoms with Gasteiger partial charge in [-0.25, -0.2) is 9.59 Å². The van der Waals surface area contributed by atoms with Crippen molar-refractivity contribution in [3.63, 3.8) is 0 Å². The minimum atomic E-state index is -0.743. The molecule has 0 saturated heterocycles. The summed E-state index contributed by atoms with van der Waals surface area (Å²) < 4.78 is 15.7. The minimum absolute atomic E-state index is 0.136. The van der Waals surface area contributed by atoms with Crippen LogP contribution in [0.3, 0.4) is 0 Å². The van der Waals surface area contributed by atoms with Gasteiger partial charge in [0.05, 0.1) is 13.7 Å². The molecule has 2 N–H and O–H groups in total. The Morgan fingerprint density at radius 1 is 0.970 bits per heavy atom. The molecule has 0 amide bonds. The van der Waals surface area contributed by atoms with Crippen LogP contribution in [0.2, 0.25) is 0 Å². The Balaban J connectivity index is 1.65. The van der Waals surface area contributed by atoms with Crippen molar-refractivity contribution in [3.05, 3.63) is 93.8 Å². The molecule has 33 heavy (non-hydrogen) atoms. The van der Waals surface area contributed by atoms with Gasteiger partial charge in [0.2, 0.25) is 0 Å². The highest BCUT2D eigenvalue weighted by Gasteiger charge is 2.16. The fourth-order valence-corrected chi connectivity index (χ4v) is 3.47. The maximum atomic E-state index is 12.2. The van der Waals surface area contributed by atoms with E-state index in [1.54, 1.807) is 26.2 Å². The van der Waals surface area contributed by atoms with Gasteiger partial charge in [-0.1, -0.05) is 48.6 Å². The second-order valence-corrected chi connectivity index (χ2v) is 7.38. The van der Waals surface area contributed by atoms with E-state index in [2.05, 4.69) is 0 Å². The Hall–Kier alpha value is -4.32. The highest BCUT2D eigenvalue weighted by molar-refractivity contribution is 5.94. The SMILES string of the molecule is CCOC(=O)c1cc2cc(/C=C/c3ccc(-c4ccc(N)cc4)cc3)c(OC)cc2oc1=O. The number of nitrogens with two attached hydrogens (primary N) is 1. The summed E-state index contributed by atoms with van der Waals surface area (Å²) in [5.41, 5.74) is 9.91. The highest BCUT2D eigenvalue weighted by Crippen LogP contribution is 2.28. The Labute approximate surface area is 190 Å². The molecule has 0 aliphatic carbocycles. The van der Waals surface area contributed by atoms with Crippen molar-refractivity contribution in [2.45, 2.75) is 6.92 Å². The van der Waals surface area contributed by atoms with Crippen molar-refractivity contribution < 1.29 is 18.7 Å². The number of anilines is 1. The van der Waals surface area contributed by atoms with Crippen LogP contribution >= 0.6 is 0 Å². The summed E-state index contributed by atoms with van der Waals surface area (Å²) in [4.78, 5) is 24.2. The number of carbonyl (C=O) groups excluding carboxylic acids is 1. The molecule has 4 aromatic rings. The molecular formula is C27H23NO5. The monoisotopic (exact) mass is 441 g/mol. The molecule has 4 rings (SSSR count). The highest BCUT2D eigenvalue weighted by atomic mass is 16.5. The molecule has 6 nitrogen and oxygen atoms in total. The smallest absolute Gasteiger partial charge is 0.351 e. The van der Waals surface area contributed by atoms with Gasteiger partial charge in [-0.05, 0) is 47.9 Å². The summed E-state index contributed by atoms with van der Waals surface area (Å²) in [6, 6.07) is 20.8. The van der Waals surface area contributed by atoms with E-state index in [9.17, 15) is 9.59 Å². The maximum absolute atomic E-state index is 12.2. The molecule has 0 radical (unpaired) electrons. The lowest BCUT2D eigenvalue weighted by atomic mass is 10.0. The lowest BCUT2D eigenvalue weighted by Gasteiger charge is -2.08. The van der Waals surface area contributed by atoms with Gasteiger partial charge in [0, 0.05) is 22.7 Å². The Morgan fingerprint density at radius 3 is 2.27 bits per heavy atom. The van der Waals surface area contributed by atoms with Gasteiger partial charge in [-0.2, -0.15) is 0 Å². The van der Waals surface area contributed by atoms with Crippen molar-refractivity contribution in [2.24, 2.45) is 0 Å². The van der Waals surface area contributed by atoms with Crippen LogP contribution in [0.15, 0.2) is 75.9 Å². The molecule has 0 saturated carbocycles. The standard InChI is InChI=1S/C27H23NO5/c1-3-32-26(29)23-15-21-14-20(24(31-2)16-25(21)33-27(23)30)9-6-17-4-7-18(8-5-17)19-10-12-22(28)13-11-19/h4-16H,3,28H2,1-2H3/b9-6+. The minimum Gasteiger partial charge on any atom is -0.496 e. The molecule has 0 spiro atoms. The van der Waals surface area contributed by atoms with Crippen molar-refractivity contribution in [2.75, 3.05) is 19.5 Å². The molecule has 0 aliphatic heterocycles. The van der Waals surface area contributed by atoms with Gasteiger partial charge < -0.3 is 19.6 Å². The predicted molar refractivity (Wildman–Crippen MR) is 130 cm³/mol. The number of nitrogen functional groups attached to an aromatic ring is 1. The number of hydrogen-bond acceptors (Lipinski definition) is 6. The van der Waals surface area contributed by atoms with Crippen LogP contribution in [0.1, 0.15) is 28.4 Å². The molecule has 1 heterocycles. The third kappa shape index (κ3) is 4.80. The molecule has 1 aromatic heterocycles. The average molecular weight is 441 g/mol. The number of methoxy groups -OCH3 is 1. The lowest BCUT2D eigenvalue weighted by molar-refractivity contribution is 0.0522. The van der Waals surface area contributed by atoms with E-state index >= 15 is 0 Å². The van der Waals surface area contributed by atoms with Crippen LogP contribution in [0.4, 0.5) is 5.69 Å². The van der Waals surface area contributed by atoms with Crippen LogP contribution in [0, 0.1) is 0 Å². The molecule has 0 bridgehead atoms. The molecule has 3 aromatic carbocycles. The predicted octanol–water partition coefficient (Wildman–Crippen LogP) is 5.40. The van der Waals surface area contributed by atoms with Crippen molar-refractivity contribution in [3.8, 4) is 16.9 Å². The first-order valence-corrected chi connectivity index (χ1v) is 10.5. The molecular weight excluding hydrogens is 418 g/mol. The van der Waals surface area contributed by atoms with Crippen LogP contribution in [-0.2, 0) is 4.74 Å². The fraction of sp³-hybridized carbons (Fsp3) is 0.111. The van der Waals surface area contributed by atoms with Crippen molar-refractivity contribution in [1.82, 2.24) is 0 Å². The van der Waals surface area contributed by atoms with Gasteiger partial charge >= 0.3 is 11.6 Å². The van der Waals surface area contributed by atoms with Crippen LogP contribution < -0.4 is 16.1 Å². The first kappa shape index (κ1) is 21.9. The van der Waals surface area contributed by atoms with Gasteiger partial charge in [0.15, 0.2) is 0 Å². The Bertz CT molecular complexity index is 1380. The maximum Gasteiger partial charge on any atom is 0.351 e. The second kappa shape index (κ2) is 9.44. The molecule has 0 atom stereocenters. The zero-order chi connectivity index (χ0) is 23.4. The Morgan fingerprint density at radius 2 is 1.64 bits per heavy atom. The van der Waals surface area contributed by atoms with Gasteiger partial charge in [-0.15, -0.1) is 0 Å². The quantitative estimate of drug-likeness (QED) is 0.186. The van der Waals surface area contributed by atoms with E-state index in [1.165, 1.54) is 6.07 Å². The number of carbonyl (C=O) groups is 1. The summed E-state index contributed by atoms with van der Waals surface area (Å²) in [6.07, 6.45) is 3.87. The average Bonchev–Trinajstić information content (AvgIpc) is 2.83. The number of rotatable bonds is 6. The lowest BCUT2D eigenvalue weighted by Crippen LogP contribution is -2.16. The second-order valence-electron chi connectivity index (χ2n) is 7.38. The first-order chi connectivity index (χ1) is 16.0. The Kier molecular flexibility index (Phi) is 6.26. The number of esters is 1. The normalized spacial score (nSPS) is 11.1. The van der Waals surface area contributed by atoms with Crippen LogP contribution in [0.5, 0.6) is 5.75 Å².